The van der Waals surface area contributed by atoms with Crippen LogP contribution in [0.4, 0.5) is 0 Å². The van der Waals surface area contributed by atoms with Crippen molar-refractivity contribution in [3.63, 3.8) is 0 Å². The Kier molecular flexibility index (Phi) is 8.15. The quantitative estimate of drug-likeness (QED) is 0.259. The minimum atomic E-state index is -0.0813. The van der Waals surface area contributed by atoms with Gasteiger partial charge in [-0.25, -0.2) is 0 Å². The van der Waals surface area contributed by atoms with Gasteiger partial charge in [0.15, 0.2) is 9.79 Å². The van der Waals surface area contributed by atoms with Gasteiger partial charge in [-0.15, -0.1) is 0 Å². The number of unbranched alkanes of at least 4 members (excludes halogenated alkanes) is 6. The van der Waals surface area contributed by atoms with Crippen molar-refractivity contribution in [2.45, 2.75) is 70.9 Å². The van der Waals surface area contributed by atoms with E-state index in [1.54, 1.807) is 0 Å². The number of methoxy groups -OCH3 is 1. The lowest BCUT2D eigenvalue weighted by Crippen LogP contribution is -2.14. The number of rotatable bonds is 10. The van der Waals surface area contributed by atoms with E-state index < -0.39 is 0 Å². The third kappa shape index (κ3) is 5.79. The van der Waals surface area contributed by atoms with Gasteiger partial charge < -0.3 is 4.74 Å². The van der Waals surface area contributed by atoms with Gasteiger partial charge in [0, 0.05) is 6.42 Å². The fourth-order valence-electron chi connectivity index (χ4n) is 3.43. The second kappa shape index (κ2) is 10.8. The largest absolute Gasteiger partial charge is 0.469 e. The SMILES string of the molecule is COC(=O)CCCCCCCCC[S+]1c2ccccc2Sc2ccccc21. The van der Waals surface area contributed by atoms with Gasteiger partial charge in [0.25, 0.3) is 0 Å². The molecule has 0 aromatic heterocycles. The predicted molar refractivity (Wildman–Crippen MR) is 115 cm³/mol. The number of fused-ring (bicyclic) bond motifs is 2. The molecule has 2 aromatic rings. The average Bonchev–Trinajstić information content (AvgIpc) is 2.71. The van der Waals surface area contributed by atoms with E-state index in [4.69, 9.17) is 0 Å². The molecule has 3 rings (SSSR count). The number of hydrogen-bond donors (Lipinski definition) is 0. The minimum absolute atomic E-state index is 0.0813. The van der Waals surface area contributed by atoms with E-state index >= 15 is 0 Å². The molecule has 0 saturated heterocycles. The minimum Gasteiger partial charge on any atom is -0.469 e. The number of benzene rings is 2. The van der Waals surface area contributed by atoms with Crippen LogP contribution in [0.5, 0.6) is 0 Å². The zero-order valence-electron chi connectivity index (χ0n) is 16.1. The van der Waals surface area contributed by atoms with E-state index in [2.05, 4.69) is 53.3 Å². The van der Waals surface area contributed by atoms with Crippen molar-refractivity contribution in [1.29, 1.82) is 0 Å². The Bertz CT molecular complexity index is 699. The Balaban J connectivity index is 1.42. The molecule has 0 unspecified atom stereocenters. The lowest BCUT2D eigenvalue weighted by atomic mass is 10.1. The van der Waals surface area contributed by atoms with E-state index in [1.807, 2.05) is 11.8 Å². The monoisotopic (exact) mass is 401 g/mol. The highest BCUT2D eigenvalue weighted by Crippen LogP contribution is 2.45. The summed E-state index contributed by atoms with van der Waals surface area (Å²) >= 11 is 1.92. The van der Waals surface area contributed by atoms with Crippen LogP contribution in [0.1, 0.15) is 51.4 Å². The van der Waals surface area contributed by atoms with Gasteiger partial charge in [0.05, 0.1) is 27.8 Å². The van der Waals surface area contributed by atoms with Gasteiger partial charge in [-0.05, 0) is 43.5 Å². The van der Waals surface area contributed by atoms with Crippen LogP contribution in [0.25, 0.3) is 0 Å². The first-order valence-electron chi connectivity index (χ1n) is 9.93. The first-order valence-corrected chi connectivity index (χ1v) is 12.1. The average molecular weight is 402 g/mol. The third-order valence-electron chi connectivity index (χ3n) is 4.91. The molecule has 4 heteroatoms. The molecular formula is C23H29O2S2+. The summed E-state index contributed by atoms with van der Waals surface area (Å²) in [5.74, 6) is 1.18. The molecule has 2 nitrogen and oxygen atoms in total. The van der Waals surface area contributed by atoms with E-state index in [9.17, 15) is 4.79 Å². The van der Waals surface area contributed by atoms with E-state index in [1.165, 1.54) is 64.5 Å². The summed E-state index contributed by atoms with van der Waals surface area (Å²) in [6, 6.07) is 17.9. The maximum Gasteiger partial charge on any atom is 0.305 e. The van der Waals surface area contributed by atoms with Crippen molar-refractivity contribution in [2.75, 3.05) is 12.9 Å². The van der Waals surface area contributed by atoms with Crippen LogP contribution >= 0.6 is 11.8 Å². The van der Waals surface area contributed by atoms with Crippen LogP contribution in [-0.4, -0.2) is 18.8 Å². The summed E-state index contributed by atoms with van der Waals surface area (Å²) in [5.41, 5.74) is 0. The van der Waals surface area contributed by atoms with Gasteiger partial charge >= 0.3 is 5.97 Å². The maximum atomic E-state index is 11.1. The van der Waals surface area contributed by atoms with E-state index in [0.29, 0.717) is 6.42 Å². The Morgan fingerprint density at radius 3 is 1.93 bits per heavy atom. The first kappa shape index (κ1) is 20.3. The highest BCUT2D eigenvalue weighted by Gasteiger charge is 2.34. The van der Waals surface area contributed by atoms with Crippen molar-refractivity contribution in [2.24, 2.45) is 0 Å². The van der Waals surface area contributed by atoms with Gasteiger partial charge in [0.2, 0.25) is 0 Å². The zero-order chi connectivity index (χ0) is 18.9. The lowest BCUT2D eigenvalue weighted by Gasteiger charge is -2.19. The molecule has 0 amide bonds. The van der Waals surface area contributed by atoms with Crippen LogP contribution in [0.15, 0.2) is 68.1 Å². The molecule has 0 bridgehead atoms. The molecule has 27 heavy (non-hydrogen) atoms. The number of ether oxygens (including phenoxy) is 1. The summed E-state index contributed by atoms with van der Waals surface area (Å²) in [5, 5.41) is 0. The fourth-order valence-corrected chi connectivity index (χ4v) is 7.43. The van der Waals surface area contributed by atoms with Crippen molar-refractivity contribution < 1.29 is 9.53 Å². The fraction of sp³-hybridized carbons (Fsp3) is 0.435. The van der Waals surface area contributed by atoms with Crippen molar-refractivity contribution >= 4 is 28.6 Å². The zero-order valence-corrected chi connectivity index (χ0v) is 17.7. The van der Waals surface area contributed by atoms with Crippen molar-refractivity contribution in [1.82, 2.24) is 0 Å². The Morgan fingerprint density at radius 2 is 1.33 bits per heavy atom. The molecule has 1 heterocycles. The first-order chi connectivity index (χ1) is 13.3. The summed E-state index contributed by atoms with van der Waals surface area (Å²) in [7, 11) is 1.68. The Labute approximate surface area is 170 Å². The molecule has 1 aliphatic heterocycles. The standard InChI is InChI=1S/C23H29O2S2/c1-25-23(24)17-7-5-3-2-4-6-12-18-27-21-15-10-8-13-19(21)26-20-14-9-11-16-22(20)27/h8-11,13-16H,2-7,12,17-18H2,1H3/q+1. The van der Waals surface area contributed by atoms with Crippen molar-refractivity contribution in [3.05, 3.63) is 48.5 Å². The van der Waals surface area contributed by atoms with Crippen molar-refractivity contribution in [3.8, 4) is 0 Å². The highest BCUT2D eigenvalue weighted by molar-refractivity contribution is 8.04. The molecule has 2 aromatic carbocycles. The number of esters is 1. The van der Waals surface area contributed by atoms with Gasteiger partial charge in [0.1, 0.15) is 5.75 Å². The Morgan fingerprint density at radius 1 is 0.815 bits per heavy atom. The molecule has 0 atom stereocenters. The number of carbonyl (C=O) groups excluding carboxylic acids is 1. The molecule has 144 valence electrons. The number of hydrogen-bond acceptors (Lipinski definition) is 3. The number of carbonyl (C=O) groups is 1. The molecule has 0 N–H and O–H groups in total. The second-order valence-electron chi connectivity index (χ2n) is 6.89. The van der Waals surface area contributed by atoms with Crippen LogP contribution < -0.4 is 0 Å². The Hall–Kier alpha value is -1.39. The second-order valence-corrected chi connectivity index (χ2v) is 10.0. The molecular weight excluding hydrogens is 372 g/mol. The normalized spacial score (nSPS) is 13.1. The third-order valence-corrected chi connectivity index (χ3v) is 8.79. The summed E-state index contributed by atoms with van der Waals surface area (Å²) < 4.78 is 4.68. The molecule has 0 aliphatic carbocycles. The maximum absolute atomic E-state index is 11.1. The topological polar surface area (TPSA) is 26.3 Å². The van der Waals surface area contributed by atoms with Crippen LogP contribution in [0, 0.1) is 0 Å². The van der Waals surface area contributed by atoms with Crippen LogP contribution in [-0.2, 0) is 20.4 Å². The van der Waals surface area contributed by atoms with Gasteiger partial charge in [-0.3, -0.25) is 4.79 Å². The lowest BCUT2D eigenvalue weighted by molar-refractivity contribution is -0.140. The molecule has 0 radical (unpaired) electrons. The smallest absolute Gasteiger partial charge is 0.305 e. The van der Waals surface area contributed by atoms with E-state index in [0.717, 1.165) is 12.8 Å². The van der Waals surface area contributed by atoms with Crippen LogP contribution in [0.3, 0.4) is 0 Å². The molecule has 0 spiro atoms. The molecule has 0 fully saturated rings. The van der Waals surface area contributed by atoms with E-state index in [-0.39, 0.29) is 16.9 Å². The summed E-state index contributed by atoms with van der Waals surface area (Å²) in [4.78, 5) is 17.0. The predicted octanol–water partition coefficient (Wildman–Crippen LogP) is 6.48. The molecule has 1 aliphatic rings. The molecule has 0 saturated carbocycles. The highest BCUT2D eigenvalue weighted by atomic mass is 32.2. The van der Waals surface area contributed by atoms with Crippen LogP contribution in [0.2, 0.25) is 0 Å². The summed E-state index contributed by atoms with van der Waals surface area (Å²) in [6.45, 7) is 0. The van der Waals surface area contributed by atoms with Gasteiger partial charge in [-0.2, -0.15) is 0 Å². The van der Waals surface area contributed by atoms with Gasteiger partial charge in [-0.1, -0.05) is 61.7 Å². The summed E-state index contributed by atoms with van der Waals surface area (Å²) in [6.07, 6.45) is 9.06.